The zero-order valence-corrected chi connectivity index (χ0v) is 14.7. The van der Waals surface area contributed by atoms with Crippen LogP contribution in [-0.2, 0) is 4.79 Å². The van der Waals surface area contributed by atoms with Gasteiger partial charge in [-0.1, -0.05) is 15.9 Å². The van der Waals surface area contributed by atoms with E-state index in [0.717, 1.165) is 61.5 Å². The fourth-order valence-corrected chi connectivity index (χ4v) is 4.28. The summed E-state index contributed by atoms with van der Waals surface area (Å²) in [5.41, 5.74) is 1.02. The van der Waals surface area contributed by atoms with Gasteiger partial charge in [0, 0.05) is 55.3 Å². The van der Waals surface area contributed by atoms with Crippen LogP contribution in [0.15, 0.2) is 22.7 Å². The average molecular weight is 380 g/mol. The first-order chi connectivity index (χ1) is 11.2. The first-order valence-electron chi connectivity index (χ1n) is 8.38. The number of hydrogen-bond acceptors (Lipinski definition) is 4. The van der Waals surface area contributed by atoms with Crippen molar-refractivity contribution in [2.75, 3.05) is 45.9 Å². The van der Waals surface area contributed by atoms with Crippen LogP contribution in [0.1, 0.15) is 17.9 Å². The van der Waals surface area contributed by atoms with E-state index in [-0.39, 0.29) is 11.8 Å². The number of carbonyl (C=O) groups excluding carboxylic acids is 1. The fraction of sp³-hybridized carbons (Fsp3) is 0.588. The summed E-state index contributed by atoms with van der Waals surface area (Å²) in [6.45, 7) is 6.50. The van der Waals surface area contributed by atoms with Gasteiger partial charge in [-0.25, -0.2) is 0 Å². The van der Waals surface area contributed by atoms with Crippen molar-refractivity contribution in [1.82, 2.24) is 15.1 Å². The molecule has 3 aliphatic rings. The third-order valence-electron chi connectivity index (χ3n) is 5.19. The molecule has 2 atom stereocenters. The summed E-state index contributed by atoms with van der Waals surface area (Å²) in [7, 11) is 0. The van der Waals surface area contributed by atoms with Crippen LogP contribution in [0, 0.1) is 0 Å². The van der Waals surface area contributed by atoms with E-state index in [1.807, 2.05) is 23.1 Å². The number of benzene rings is 1. The second-order valence-corrected chi connectivity index (χ2v) is 7.47. The van der Waals surface area contributed by atoms with Crippen molar-refractivity contribution in [3.8, 4) is 5.75 Å². The topological polar surface area (TPSA) is 44.8 Å². The van der Waals surface area contributed by atoms with Crippen LogP contribution in [0.2, 0.25) is 0 Å². The minimum atomic E-state index is -0.149. The van der Waals surface area contributed by atoms with Gasteiger partial charge in [-0.15, -0.1) is 0 Å². The molecule has 0 aliphatic carbocycles. The number of carbonyl (C=O) groups is 1. The summed E-state index contributed by atoms with van der Waals surface area (Å²) < 4.78 is 6.70. The number of likely N-dealkylation sites (tertiary alicyclic amines) is 1. The molecule has 1 aromatic carbocycles. The molecule has 0 bridgehead atoms. The predicted molar refractivity (Wildman–Crippen MR) is 91.8 cm³/mol. The first kappa shape index (κ1) is 15.4. The Morgan fingerprint density at radius 3 is 2.91 bits per heavy atom. The van der Waals surface area contributed by atoms with Gasteiger partial charge in [0.2, 0.25) is 5.91 Å². The normalized spacial score (nSPS) is 27.8. The van der Waals surface area contributed by atoms with Gasteiger partial charge in [-0.3, -0.25) is 9.69 Å². The highest BCUT2D eigenvalue weighted by Crippen LogP contribution is 2.37. The second-order valence-electron chi connectivity index (χ2n) is 6.56. The lowest BCUT2D eigenvalue weighted by Gasteiger charge is -2.32. The summed E-state index contributed by atoms with van der Waals surface area (Å²) in [5, 5.41) is 3.39. The highest BCUT2D eigenvalue weighted by atomic mass is 79.9. The lowest BCUT2D eigenvalue weighted by molar-refractivity contribution is -0.132. The Labute approximate surface area is 145 Å². The third-order valence-corrected chi connectivity index (χ3v) is 5.69. The molecule has 23 heavy (non-hydrogen) atoms. The number of hydrogen-bond donors (Lipinski definition) is 1. The summed E-state index contributed by atoms with van der Waals surface area (Å²) in [6, 6.07) is 6.45. The highest BCUT2D eigenvalue weighted by Gasteiger charge is 2.37. The van der Waals surface area contributed by atoms with Crippen molar-refractivity contribution in [2.24, 2.45) is 0 Å². The molecule has 1 amide bonds. The highest BCUT2D eigenvalue weighted by molar-refractivity contribution is 9.10. The summed E-state index contributed by atoms with van der Waals surface area (Å²) in [6.07, 6.45) is 1.09. The van der Waals surface area contributed by atoms with Gasteiger partial charge in [0.25, 0.3) is 0 Å². The van der Waals surface area contributed by atoms with Gasteiger partial charge in [0.05, 0.1) is 0 Å². The minimum absolute atomic E-state index is 0.149. The standard InChI is InChI=1S/C17H22BrN3O2/c18-12-1-2-16-14(9-12)15(11-23-16)17(22)21-6-3-13(10-21)20-7-4-19-5-8-20/h1-2,9,13,15,19H,3-8,10-11H2. The monoisotopic (exact) mass is 379 g/mol. The third kappa shape index (κ3) is 2.99. The van der Waals surface area contributed by atoms with E-state index in [9.17, 15) is 4.79 Å². The number of amides is 1. The maximum atomic E-state index is 12.9. The molecule has 6 heteroatoms. The predicted octanol–water partition coefficient (Wildman–Crippen LogP) is 1.43. The molecule has 3 aliphatic heterocycles. The van der Waals surface area contributed by atoms with E-state index in [2.05, 4.69) is 26.1 Å². The molecule has 1 aromatic rings. The Hall–Kier alpha value is -1.11. The molecule has 0 radical (unpaired) electrons. The molecule has 2 fully saturated rings. The van der Waals surface area contributed by atoms with E-state index in [1.165, 1.54) is 0 Å². The molecule has 3 heterocycles. The zero-order valence-electron chi connectivity index (χ0n) is 13.1. The molecule has 0 saturated carbocycles. The van der Waals surface area contributed by atoms with Crippen LogP contribution in [0.25, 0.3) is 0 Å². The number of nitrogens with one attached hydrogen (secondary N) is 1. The molecule has 4 rings (SSSR count). The number of ether oxygens (including phenoxy) is 1. The quantitative estimate of drug-likeness (QED) is 0.844. The molecular weight excluding hydrogens is 358 g/mol. The second kappa shape index (κ2) is 6.42. The van der Waals surface area contributed by atoms with Crippen molar-refractivity contribution in [3.63, 3.8) is 0 Å². The van der Waals surface area contributed by atoms with Gasteiger partial charge >= 0.3 is 0 Å². The Bertz CT molecular complexity index is 604. The van der Waals surface area contributed by atoms with Crippen molar-refractivity contribution in [1.29, 1.82) is 0 Å². The van der Waals surface area contributed by atoms with Gasteiger partial charge in [0.15, 0.2) is 0 Å². The number of fused-ring (bicyclic) bond motifs is 1. The SMILES string of the molecule is O=C(C1COc2ccc(Br)cc21)N1CCC(N2CCNCC2)C1. The average Bonchev–Trinajstić information content (AvgIpc) is 3.22. The van der Waals surface area contributed by atoms with Gasteiger partial charge in [-0.2, -0.15) is 0 Å². The minimum Gasteiger partial charge on any atom is -0.492 e. The zero-order chi connectivity index (χ0) is 15.8. The lowest BCUT2D eigenvalue weighted by Crippen LogP contribution is -2.49. The molecular formula is C17H22BrN3O2. The molecule has 1 N–H and O–H groups in total. The van der Waals surface area contributed by atoms with Crippen molar-refractivity contribution < 1.29 is 9.53 Å². The molecule has 2 unspecified atom stereocenters. The summed E-state index contributed by atoms with van der Waals surface area (Å²) in [5.74, 6) is 0.924. The lowest BCUT2D eigenvalue weighted by atomic mass is 10.00. The Balaban J connectivity index is 1.44. The Morgan fingerprint density at radius 1 is 1.26 bits per heavy atom. The number of halogens is 1. The Kier molecular flexibility index (Phi) is 4.30. The number of nitrogens with zero attached hydrogens (tertiary/aromatic N) is 2. The summed E-state index contributed by atoms with van der Waals surface area (Å²) >= 11 is 3.49. The molecule has 0 spiro atoms. The van der Waals surface area contributed by atoms with Gasteiger partial charge in [0.1, 0.15) is 18.3 Å². The number of rotatable bonds is 2. The van der Waals surface area contributed by atoms with E-state index in [4.69, 9.17) is 4.74 Å². The van der Waals surface area contributed by atoms with Gasteiger partial charge in [-0.05, 0) is 24.6 Å². The van der Waals surface area contributed by atoms with E-state index in [0.29, 0.717) is 12.6 Å². The van der Waals surface area contributed by atoms with Crippen LogP contribution < -0.4 is 10.1 Å². The maximum absolute atomic E-state index is 12.9. The summed E-state index contributed by atoms with van der Waals surface area (Å²) in [4.78, 5) is 17.5. The number of piperazine rings is 1. The Morgan fingerprint density at radius 2 is 2.09 bits per heavy atom. The van der Waals surface area contributed by atoms with E-state index >= 15 is 0 Å². The smallest absolute Gasteiger partial charge is 0.233 e. The molecule has 5 nitrogen and oxygen atoms in total. The van der Waals surface area contributed by atoms with Crippen molar-refractivity contribution in [2.45, 2.75) is 18.4 Å². The molecule has 0 aromatic heterocycles. The van der Waals surface area contributed by atoms with E-state index in [1.54, 1.807) is 0 Å². The first-order valence-corrected chi connectivity index (χ1v) is 9.17. The van der Waals surface area contributed by atoms with Crippen LogP contribution in [0.4, 0.5) is 0 Å². The van der Waals surface area contributed by atoms with Crippen LogP contribution in [-0.4, -0.2) is 67.6 Å². The van der Waals surface area contributed by atoms with E-state index < -0.39 is 0 Å². The van der Waals surface area contributed by atoms with Crippen LogP contribution in [0.5, 0.6) is 5.75 Å². The maximum Gasteiger partial charge on any atom is 0.233 e. The largest absolute Gasteiger partial charge is 0.492 e. The van der Waals surface area contributed by atoms with Crippen molar-refractivity contribution >= 4 is 21.8 Å². The fourth-order valence-electron chi connectivity index (χ4n) is 3.90. The van der Waals surface area contributed by atoms with Crippen molar-refractivity contribution in [3.05, 3.63) is 28.2 Å². The van der Waals surface area contributed by atoms with Gasteiger partial charge < -0.3 is 15.0 Å². The van der Waals surface area contributed by atoms with Crippen LogP contribution >= 0.6 is 15.9 Å². The molecule has 2 saturated heterocycles. The molecule has 124 valence electrons. The van der Waals surface area contributed by atoms with Crippen LogP contribution in [0.3, 0.4) is 0 Å².